The van der Waals surface area contributed by atoms with Crippen LogP contribution in [0.3, 0.4) is 0 Å². The Balaban J connectivity index is 1.34. The first-order valence-corrected chi connectivity index (χ1v) is 13.8. The summed E-state index contributed by atoms with van der Waals surface area (Å²) < 4.78 is 17.0. The Morgan fingerprint density at radius 1 is 1.13 bits per heavy atom. The fourth-order valence-electron chi connectivity index (χ4n) is 4.67. The van der Waals surface area contributed by atoms with Crippen LogP contribution < -0.4 is 14.8 Å². The van der Waals surface area contributed by atoms with Gasteiger partial charge in [-0.2, -0.15) is 5.10 Å². The van der Waals surface area contributed by atoms with Crippen LogP contribution in [0.2, 0.25) is 0 Å². The number of methoxy groups -OCH3 is 1. The number of nitrogens with one attached hydrogen (secondary N) is 1. The molecule has 0 spiro atoms. The third kappa shape index (κ3) is 5.88. The quantitative estimate of drug-likeness (QED) is 0.328. The summed E-state index contributed by atoms with van der Waals surface area (Å²) in [5, 5.41) is 8.98. The molecular formula is C29H31N3O5S. The lowest BCUT2D eigenvalue weighted by atomic mass is 10.0. The second kappa shape index (κ2) is 11.8. The van der Waals surface area contributed by atoms with E-state index in [1.807, 2.05) is 30.3 Å². The van der Waals surface area contributed by atoms with Gasteiger partial charge in [-0.25, -0.2) is 5.01 Å². The van der Waals surface area contributed by atoms with Crippen LogP contribution in [0.1, 0.15) is 60.7 Å². The Bertz CT molecular complexity index is 1300. The third-order valence-electron chi connectivity index (χ3n) is 6.70. The van der Waals surface area contributed by atoms with Crippen molar-refractivity contribution in [1.82, 2.24) is 5.01 Å². The first kappa shape index (κ1) is 25.9. The van der Waals surface area contributed by atoms with Crippen LogP contribution in [0.5, 0.6) is 11.5 Å². The topological polar surface area (TPSA) is 93.4 Å². The Kier molecular flexibility index (Phi) is 8.03. The summed E-state index contributed by atoms with van der Waals surface area (Å²) >= 11 is 1.29. The highest BCUT2D eigenvalue weighted by Crippen LogP contribution is 2.36. The average Bonchev–Trinajstić information content (AvgIpc) is 3.66. The van der Waals surface area contributed by atoms with Gasteiger partial charge in [0, 0.05) is 11.3 Å². The largest absolute Gasteiger partial charge is 0.493 e. The molecule has 1 N–H and O–H groups in total. The molecular weight excluding hydrogens is 502 g/mol. The number of nitrogens with zero attached hydrogens (tertiary/aromatic N) is 2. The molecule has 2 amide bonds. The van der Waals surface area contributed by atoms with Crippen molar-refractivity contribution in [2.24, 2.45) is 5.10 Å². The molecule has 2 heterocycles. The number of furan rings is 1. The van der Waals surface area contributed by atoms with Gasteiger partial charge in [-0.1, -0.05) is 30.8 Å². The lowest BCUT2D eigenvalue weighted by Crippen LogP contribution is -2.34. The number of hydrazone groups is 1. The fourth-order valence-corrected chi connectivity index (χ4v) is 5.61. The molecule has 2 aliphatic rings. The highest BCUT2D eigenvalue weighted by atomic mass is 32.2. The number of hydrogen-bond donors (Lipinski definition) is 1. The maximum absolute atomic E-state index is 13.0. The van der Waals surface area contributed by atoms with E-state index in [0.29, 0.717) is 18.0 Å². The van der Waals surface area contributed by atoms with Crippen molar-refractivity contribution in [3.63, 3.8) is 0 Å². The molecule has 0 saturated heterocycles. The minimum Gasteiger partial charge on any atom is -0.493 e. The van der Waals surface area contributed by atoms with E-state index in [0.717, 1.165) is 41.9 Å². The van der Waals surface area contributed by atoms with Crippen LogP contribution in [0, 0.1) is 0 Å². The maximum atomic E-state index is 13.0. The van der Waals surface area contributed by atoms with Crippen LogP contribution in [0.25, 0.3) is 0 Å². The standard InChI is InChI=1S/C29H31N3O5S/c1-3-26-27(20-12-15-23(35-2)25(17-20)37-22-7-4-5-8-22)31-32(29(34)38-26)18-19-10-13-21(14-11-19)30-28(33)24-9-6-16-36-24/h6,9-17,22,26H,3-5,7-8,18H2,1-2H3,(H,30,33). The molecule has 2 aromatic carbocycles. The van der Waals surface area contributed by atoms with Crippen molar-refractivity contribution in [3.05, 3.63) is 77.7 Å². The normalized spacial score (nSPS) is 17.8. The van der Waals surface area contributed by atoms with Gasteiger partial charge < -0.3 is 19.2 Å². The number of carbonyl (C=O) groups excluding carboxylic acids is 2. The summed E-state index contributed by atoms with van der Waals surface area (Å²) in [4.78, 5) is 25.2. The third-order valence-corrected chi connectivity index (χ3v) is 7.96. The number of rotatable bonds is 9. The summed E-state index contributed by atoms with van der Waals surface area (Å²) in [5.41, 5.74) is 3.30. The van der Waals surface area contributed by atoms with Crippen molar-refractivity contribution in [1.29, 1.82) is 0 Å². The fraction of sp³-hybridized carbons (Fsp3) is 0.345. The van der Waals surface area contributed by atoms with E-state index in [9.17, 15) is 9.59 Å². The molecule has 1 aliphatic heterocycles. The van der Waals surface area contributed by atoms with Gasteiger partial charge in [0.15, 0.2) is 17.3 Å². The molecule has 1 aliphatic carbocycles. The number of amides is 2. The summed E-state index contributed by atoms with van der Waals surface area (Å²) in [5.74, 6) is 1.34. The molecule has 1 fully saturated rings. The summed E-state index contributed by atoms with van der Waals surface area (Å²) in [6.07, 6.45) is 6.90. The minimum absolute atomic E-state index is 0.0503. The first-order chi connectivity index (χ1) is 18.5. The predicted molar refractivity (Wildman–Crippen MR) is 148 cm³/mol. The van der Waals surface area contributed by atoms with E-state index in [1.165, 1.54) is 35.9 Å². The van der Waals surface area contributed by atoms with Crippen LogP contribution in [-0.2, 0) is 6.54 Å². The van der Waals surface area contributed by atoms with Gasteiger partial charge in [0.05, 0.1) is 37.0 Å². The Labute approximate surface area is 226 Å². The van der Waals surface area contributed by atoms with E-state index in [1.54, 1.807) is 31.4 Å². The molecule has 3 aromatic rings. The van der Waals surface area contributed by atoms with E-state index in [4.69, 9.17) is 19.0 Å². The summed E-state index contributed by atoms with van der Waals surface area (Å²) in [7, 11) is 1.65. The number of ether oxygens (including phenoxy) is 2. The molecule has 9 heteroatoms. The molecule has 0 bridgehead atoms. The zero-order chi connectivity index (χ0) is 26.5. The van der Waals surface area contributed by atoms with Crippen LogP contribution >= 0.6 is 11.8 Å². The lowest BCUT2D eigenvalue weighted by Gasteiger charge is -2.29. The van der Waals surface area contributed by atoms with E-state index in [-0.39, 0.29) is 28.3 Å². The molecule has 8 nitrogen and oxygen atoms in total. The van der Waals surface area contributed by atoms with Crippen molar-refractivity contribution in [2.75, 3.05) is 12.4 Å². The zero-order valence-corrected chi connectivity index (χ0v) is 22.3. The molecule has 5 rings (SSSR count). The first-order valence-electron chi connectivity index (χ1n) is 12.9. The highest BCUT2D eigenvalue weighted by Gasteiger charge is 2.31. The smallest absolute Gasteiger partial charge is 0.302 e. The second-order valence-corrected chi connectivity index (χ2v) is 10.5. The molecule has 38 heavy (non-hydrogen) atoms. The van der Waals surface area contributed by atoms with E-state index >= 15 is 0 Å². The van der Waals surface area contributed by atoms with Gasteiger partial charge >= 0.3 is 5.24 Å². The van der Waals surface area contributed by atoms with Crippen molar-refractivity contribution >= 4 is 34.3 Å². The van der Waals surface area contributed by atoms with E-state index < -0.39 is 0 Å². The molecule has 1 atom stereocenters. The van der Waals surface area contributed by atoms with Gasteiger partial charge in [0.1, 0.15) is 0 Å². The number of benzene rings is 2. The van der Waals surface area contributed by atoms with Crippen LogP contribution in [0.4, 0.5) is 10.5 Å². The zero-order valence-electron chi connectivity index (χ0n) is 21.5. The van der Waals surface area contributed by atoms with Crippen molar-refractivity contribution < 1.29 is 23.5 Å². The monoisotopic (exact) mass is 533 g/mol. The summed E-state index contributed by atoms with van der Waals surface area (Å²) in [6.45, 7) is 2.38. The van der Waals surface area contributed by atoms with E-state index in [2.05, 4.69) is 12.2 Å². The highest BCUT2D eigenvalue weighted by molar-refractivity contribution is 8.14. The Hall–Kier alpha value is -3.72. The van der Waals surface area contributed by atoms with Crippen LogP contribution in [-0.4, -0.2) is 40.3 Å². The average molecular weight is 534 g/mol. The van der Waals surface area contributed by atoms with Crippen molar-refractivity contribution in [3.8, 4) is 11.5 Å². The Morgan fingerprint density at radius 3 is 2.61 bits per heavy atom. The molecule has 1 aromatic heterocycles. The van der Waals surface area contributed by atoms with Crippen molar-refractivity contribution in [2.45, 2.75) is 56.9 Å². The van der Waals surface area contributed by atoms with Crippen LogP contribution in [0.15, 0.2) is 70.4 Å². The minimum atomic E-state index is -0.319. The van der Waals surface area contributed by atoms with Gasteiger partial charge in [0.25, 0.3) is 5.91 Å². The Morgan fingerprint density at radius 2 is 1.92 bits per heavy atom. The molecule has 0 radical (unpaired) electrons. The SMILES string of the molecule is CCC1SC(=O)N(Cc2ccc(NC(=O)c3ccco3)cc2)N=C1c1ccc(OC)c(OC2CCCC2)c1. The number of hydrogen-bond acceptors (Lipinski definition) is 7. The van der Waals surface area contributed by atoms with Gasteiger partial charge in [-0.3, -0.25) is 9.59 Å². The summed E-state index contributed by atoms with van der Waals surface area (Å²) in [6, 6.07) is 16.5. The molecule has 1 saturated carbocycles. The predicted octanol–water partition coefficient (Wildman–Crippen LogP) is 6.71. The maximum Gasteiger partial charge on any atom is 0.302 e. The molecule has 198 valence electrons. The van der Waals surface area contributed by atoms with Gasteiger partial charge in [-0.05, 0) is 80.1 Å². The van der Waals surface area contributed by atoms with Gasteiger partial charge in [-0.15, -0.1) is 0 Å². The number of thioether (sulfide) groups is 1. The lowest BCUT2D eigenvalue weighted by molar-refractivity contribution is 0.0996. The number of carbonyl (C=O) groups is 2. The molecule has 1 unspecified atom stereocenters. The second-order valence-electron chi connectivity index (χ2n) is 9.34. The van der Waals surface area contributed by atoms with Gasteiger partial charge in [0.2, 0.25) is 0 Å². The number of anilines is 1.